The van der Waals surface area contributed by atoms with Crippen molar-refractivity contribution >= 4 is 27.8 Å². The van der Waals surface area contributed by atoms with Gasteiger partial charge in [-0.1, -0.05) is 34.1 Å². The van der Waals surface area contributed by atoms with Crippen LogP contribution < -0.4 is 10.9 Å². The standard InChI is InChI=1S/C35H33BrF5N3O3.C4H8O2/c1-19-7-8-25(36)13-27(19)33(44-16-22(9-10-43-17-26(37)18-43)28(14-30(44)46)35(39,40)41)34(47)42-15-24-12-23(11-21(3)32(24)38)31-20(2)5-4-6-29(31)45;1-3-6-4(2)5/h4-8,11-14,16,26,33,45H,9-10,15,17-18H2,1-3H3,(H,42,47);3H2,1-2H3. The molecule has 3 aromatic carbocycles. The Morgan fingerprint density at radius 2 is 1.72 bits per heavy atom. The lowest BCUT2D eigenvalue weighted by atomic mass is 9.95. The molecular weight excluding hydrogens is 765 g/mol. The highest BCUT2D eigenvalue weighted by atomic mass is 79.9. The molecule has 1 aliphatic heterocycles. The van der Waals surface area contributed by atoms with E-state index < -0.39 is 41.2 Å². The summed E-state index contributed by atoms with van der Waals surface area (Å²) in [5, 5.41) is 13.2. The molecule has 0 spiro atoms. The van der Waals surface area contributed by atoms with Crippen LogP contribution in [0.1, 0.15) is 58.8 Å². The van der Waals surface area contributed by atoms with E-state index >= 15 is 4.39 Å². The molecule has 1 unspecified atom stereocenters. The van der Waals surface area contributed by atoms with E-state index in [4.69, 9.17) is 0 Å². The lowest BCUT2D eigenvalue weighted by Gasteiger charge is -2.34. The van der Waals surface area contributed by atoms with E-state index in [1.165, 1.54) is 19.1 Å². The first-order valence-electron chi connectivity index (χ1n) is 16.8. The second-order valence-corrected chi connectivity index (χ2v) is 13.8. The van der Waals surface area contributed by atoms with Crippen LogP contribution in [0.5, 0.6) is 5.75 Å². The largest absolute Gasteiger partial charge is 0.507 e. The average molecular weight is 807 g/mol. The molecule has 0 aliphatic carbocycles. The van der Waals surface area contributed by atoms with E-state index in [9.17, 15) is 37.1 Å². The first kappa shape index (κ1) is 41.2. The lowest BCUT2D eigenvalue weighted by molar-refractivity contribution is -0.140. The number of carbonyl (C=O) groups is 2. The monoisotopic (exact) mass is 805 g/mol. The van der Waals surface area contributed by atoms with Crippen LogP contribution in [0.25, 0.3) is 11.1 Å². The molecular formula is C39H41BrF5N3O5. The average Bonchev–Trinajstić information content (AvgIpc) is 3.05. The Morgan fingerprint density at radius 3 is 2.30 bits per heavy atom. The van der Waals surface area contributed by atoms with Gasteiger partial charge in [-0.15, -0.1) is 0 Å². The third-order valence-corrected chi connectivity index (χ3v) is 9.30. The Kier molecular flexibility index (Phi) is 13.6. The van der Waals surface area contributed by atoms with Crippen LogP contribution in [-0.2, 0) is 33.5 Å². The molecule has 1 amide bonds. The predicted octanol–water partition coefficient (Wildman–Crippen LogP) is 7.74. The first-order valence-corrected chi connectivity index (χ1v) is 17.6. The normalized spacial score (nSPS) is 13.8. The number of phenolic OH excluding ortho intramolecular Hbond substituents is 1. The van der Waals surface area contributed by atoms with Gasteiger partial charge in [-0.2, -0.15) is 13.2 Å². The van der Waals surface area contributed by atoms with Crippen LogP contribution in [0.3, 0.4) is 0 Å². The fourth-order valence-electron chi connectivity index (χ4n) is 6.17. The molecule has 1 saturated heterocycles. The summed E-state index contributed by atoms with van der Waals surface area (Å²) in [4.78, 5) is 38.9. The highest BCUT2D eigenvalue weighted by Gasteiger charge is 2.36. The quantitative estimate of drug-likeness (QED) is 0.126. The minimum absolute atomic E-state index is 0.00675. The summed E-state index contributed by atoms with van der Waals surface area (Å²) < 4.78 is 76.9. The molecule has 1 aliphatic rings. The lowest BCUT2D eigenvalue weighted by Crippen LogP contribution is -2.49. The maximum Gasteiger partial charge on any atom is 0.416 e. The number of likely N-dealkylation sites (tertiary alicyclic amines) is 1. The van der Waals surface area contributed by atoms with Crippen LogP contribution in [-0.4, -0.2) is 58.9 Å². The molecule has 2 heterocycles. The molecule has 4 aromatic rings. The molecule has 0 radical (unpaired) electrons. The second kappa shape index (κ2) is 17.5. The fraction of sp³-hybridized carbons (Fsp3) is 0.359. The maximum atomic E-state index is 15.4. The number of esters is 1. The number of phenols is 1. The number of halogens is 6. The van der Waals surface area contributed by atoms with Gasteiger partial charge in [0.15, 0.2) is 0 Å². The smallest absolute Gasteiger partial charge is 0.416 e. The van der Waals surface area contributed by atoms with Crippen molar-refractivity contribution < 1.29 is 41.4 Å². The zero-order chi connectivity index (χ0) is 39.2. The van der Waals surface area contributed by atoms with Gasteiger partial charge in [0.2, 0.25) is 5.91 Å². The van der Waals surface area contributed by atoms with Crippen LogP contribution in [0.4, 0.5) is 22.0 Å². The van der Waals surface area contributed by atoms with Gasteiger partial charge in [-0.25, -0.2) is 8.78 Å². The van der Waals surface area contributed by atoms with Crippen molar-refractivity contribution in [3.05, 3.63) is 120 Å². The number of carbonyl (C=O) groups excluding carboxylic acids is 2. The number of rotatable bonds is 10. The van der Waals surface area contributed by atoms with Crippen LogP contribution >= 0.6 is 15.9 Å². The number of aromatic nitrogens is 1. The molecule has 14 heteroatoms. The molecule has 2 N–H and O–H groups in total. The summed E-state index contributed by atoms with van der Waals surface area (Å²) in [6, 6.07) is 12.2. The Morgan fingerprint density at radius 1 is 1.02 bits per heavy atom. The number of aromatic hydroxyl groups is 1. The minimum atomic E-state index is -4.83. The molecule has 0 bridgehead atoms. The summed E-state index contributed by atoms with van der Waals surface area (Å²) in [6.07, 6.45) is -4.94. The van der Waals surface area contributed by atoms with Gasteiger partial charge >= 0.3 is 12.1 Å². The van der Waals surface area contributed by atoms with Crippen molar-refractivity contribution in [2.75, 3.05) is 26.2 Å². The van der Waals surface area contributed by atoms with Crippen molar-refractivity contribution in [2.45, 2.75) is 66.0 Å². The second-order valence-electron chi connectivity index (χ2n) is 12.8. The van der Waals surface area contributed by atoms with E-state index in [1.807, 2.05) is 0 Å². The van der Waals surface area contributed by atoms with Gasteiger partial charge in [-0.05, 0) is 97.8 Å². The zero-order valence-electron chi connectivity index (χ0n) is 29.9. The number of hydrogen-bond donors (Lipinski definition) is 2. The van der Waals surface area contributed by atoms with Gasteiger partial charge in [0.25, 0.3) is 5.56 Å². The summed E-state index contributed by atoms with van der Waals surface area (Å²) >= 11 is 3.38. The van der Waals surface area contributed by atoms with Crippen molar-refractivity contribution in [1.29, 1.82) is 0 Å². The number of pyridine rings is 1. The van der Waals surface area contributed by atoms with Crippen molar-refractivity contribution in [3.8, 4) is 16.9 Å². The molecule has 53 heavy (non-hydrogen) atoms. The third kappa shape index (κ3) is 10.3. The maximum absolute atomic E-state index is 15.4. The minimum Gasteiger partial charge on any atom is -0.507 e. The summed E-state index contributed by atoms with van der Waals surface area (Å²) in [6.45, 7) is 8.78. The van der Waals surface area contributed by atoms with E-state index in [2.05, 4.69) is 26.0 Å². The number of nitrogens with zero attached hydrogens (tertiary/aromatic N) is 2. The number of amides is 1. The van der Waals surface area contributed by atoms with Crippen molar-refractivity contribution in [2.24, 2.45) is 0 Å². The Bertz CT molecular complexity index is 2010. The van der Waals surface area contributed by atoms with Crippen LogP contribution in [0, 0.1) is 26.6 Å². The SMILES string of the molecule is CCOC(C)=O.Cc1ccc(Br)cc1C(C(=O)NCc1cc(-c2c(C)cccc2O)cc(C)c1F)n1cc(CCN2CC(F)C2)c(C(F)(F)F)cc1=O. The number of aryl methyl sites for hydroxylation is 3. The Balaban J connectivity index is 0.000000964. The topological polar surface area (TPSA) is 101 Å². The number of nitrogens with one attached hydrogen (secondary N) is 1. The highest BCUT2D eigenvalue weighted by molar-refractivity contribution is 9.10. The van der Waals surface area contributed by atoms with E-state index in [1.54, 1.807) is 69.0 Å². The Hall–Kier alpha value is -4.56. The molecule has 5 rings (SSSR count). The van der Waals surface area contributed by atoms with Gasteiger partial charge < -0.3 is 15.2 Å². The number of hydrogen-bond acceptors (Lipinski definition) is 6. The number of ether oxygens (including phenoxy) is 1. The molecule has 284 valence electrons. The van der Waals surface area contributed by atoms with Crippen molar-refractivity contribution in [3.63, 3.8) is 0 Å². The van der Waals surface area contributed by atoms with Crippen LogP contribution in [0.15, 0.2) is 70.1 Å². The molecule has 1 fully saturated rings. The Labute approximate surface area is 312 Å². The number of benzene rings is 3. The van der Waals surface area contributed by atoms with Gasteiger partial charge in [0.05, 0.1) is 12.2 Å². The summed E-state index contributed by atoms with van der Waals surface area (Å²) in [5.74, 6) is -1.53. The van der Waals surface area contributed by atoms with Gasteiger partial charge in [-0.3, -0.25) is 23.9 Å². The van der Waals surface area contributed by atoms with E-state index in [-0.39, 0.29) is 61.0 Å². The fourth-order valence-corrected chi connectivity index (χ4v) is 6.55. The van der Waals surface area contributed by atoms with E-state index in [0.29, 0.717) is 39.4 Å². The molecule has 0 saturated carbocycles. The summed E-state index contributed by atoms with van der Waals surface area (Å²) in [5.41, 5.74) is 0.758. The predicted molar refractivity (Wildman–Crippen MR) is 195 cm³/mol. The van der Waals surface area contributed by atoms with Gasteiger partial charge in [0, 0.05) is 61.0 Å². The molecule has 1 aromatic heterocycles. The first-order chi connectivity index (χ1) is 24.9. The third-order valence-electron chi connectivity index (χ3n) is 8.81. The highest BCUT2D eigenvalue weighted by Crippen LogP contribution is 2.35. The molecule has 1 atom stereocenters. The molecule has 8 nitrogen and oxygen atoms in total. The van der Waals surface area contributed by atoms with Gasteiger partial charge in [0.1, 0.15) is 23.8 Å². The van der Waals surface area contributed by atoms with E-state index in [0.717, 1.165) is 16.3 Å². The zero-order valence-corrected chi connectivity index (χ0v) is 31.5. The van der Waals surface area contributed by atoms with Crippen LogP contribution in [0.2, 0.25) is 0 Å². The number of alkyl halides is 4. The van der Waals surface area contributed by atoms with Crippen molar-refractivity contribution in [1.82, 2.24) is 14.8 Å². The summed E-state index contributed by atoms with van der Waals surface area (Å²) in [7, 11) is 0.